The summed E-state index contributed by atoms with van der Waals surface area (Å²) in [6.45, 7) is 5.43. The summed E-state index contributed by atoms with van der Waals surface area (Å²) in [5.74, 6) is 1.71. The van der Waals surface area contributed by atoms with Gasteiger partial charge in [0.2, 0.25) is 0 Å². The second-order valence-electron chi connectivity index (χ2n) is 7.38. The van der Waals surface area contributed by atoms with E-state index in [1.54, 1.807) is 12.4 Å². The first-order valence-electron chi connectivity index (χ1n) is 9.78. The third kappa shape index (κ3) is 4.21. The highest BCUT2D eigenvalue weighted by molar-refractivity contribution is 5.92. The van der Waals surface area contributed by atoms with E-state index in [0.717, 1.165) is 63.4 Å². The smallest absolute Gasteiger partial charge is 0.274 e. The Bertz CT molecular complexity index is 779. The number of carbonyl (C=O) groups excluding carboxylic acids is 1. The number of nitrogens with zero attached hydrogens (tertiary/aromatic N) is 4. The predicted octanol–water partition coefficient (Wildman–Crippen LogP) is 3.07. The lowest BCUT2D eigenvalue weighted by atomic mass is 10.1. The van der Waals surface area contributed by atoms with E-state index in [9.17, 15) is 4.79 Å². The molecule has 2 aromatic rings. The summed E-state index contributed by atoms with van der Waals surface area (Å²) >= 11 is 0. The number of aryl methyl sites for hydroxylation is 1. The number of ether oxygens (including phenoxy) is 1. The van der Waals surface area contributed by atoms with E-state index < -0.39 is 0 Å². The third-order valence-corrected chi connectivity index (χ3v) is 5.32. The van der Waals surface area contributed by atoms with Crippen molar-refractivity contribution in [2.24, 2.45) is 0 Å². The monoisotopic (exact) mass is 366 g/mol. The molecule has 1 amide bonds. The number of hydrogen-bond acceptors (Lipinski definition) is 5. The molecule has 0 radical (unpaired) electrons. The van der Waals surface area contributed by atoms with E-state index in [-0.39, 0.29) is 12.0 Å². The first-order valence-corrected chi connectivity index (χ1v) is 9.78. The molecule has 1 aromatic carbocycles. The van der Waals surface area contributed by atoms with Gasteiger partial charge >= 0.3 is 0 Å². The molecular weight excluding hydrogens is 340 g/mol. The van der Waals surface area contributed by atoms with E-state index in [2.05, 4.69) is 33.9 Å². The Morgan fingerprint density at radius 1 is 1.04 bits per heavy atom. The fraction of sp³-hybridized carbons (Fsp3) is 0.476. The number of rotatable bonds is 4. The Morgan fingerprint density at radius 3 is 2.44 bits per heavy atom. The number of amides is 1. The Kier molecular flexibility index (Phi) is 5.23. The van der Waals surface area contributed by atoms with Crippen LogP contribution in [0, 0.1) is 6.92 Å². The van der Waals surface area contributed by atoms with Crippen LogP contribution in [0.15, 0.2) is 36.7 Å². The first kappa shape index (κ1) is 17.8. The van der Waals surface area contributed by atoms with Gasteiger partial charge in [0, 0.05) is 39.0 Å². The molecule has 0 aliphatic carbocycles. The minimum Gasteiger partial charge on any atom is -0.490 e. The lowest BCUT2D eigenvalue weighted by molar-refractivity contribution is 0.0786. The van der Waals surface area contributed by atoms with Crippen molar-refractivity contribution < 1.29 is 9.53 Å². The van der Waals surface area contributed by atoms with Crippen LogP contribution in [0.5, 0.6) is 5.75 Å². The number of likely N-dealkylation sites (tertiary alicyclic amines) is 1. The molecule has 0 atom stereocenters. The average Bonchev–Trinajstić information content (AvgIpc) is 3.25. The molecule has 0 spiro atoms. The van der Waals surface area contributed by atoms with E-state index in [1.807, 2.05) is 17.0 Å². The number of hydrogen-bond donors (Lipinski definition) is 0. The van der Waals surface area contributed by atoms with Gasteiger partial charge in [0.05, 0.1) is 12.4 Å². The lowest BCUT2D eigenvalue weighted by Gasteiger charge is -2.33. The maximum Gasteiger partial charge on any atom is 0.274 e. The van der Waals surface area contributed by atoms with Crippen LogP contribution >= 0.6 is 0 Å². The van der Waals surface area contributed by atoms with Gasteiger partial charge in [0.15, 0.2) is 0 Å². The van der Waals surface area contributed by atoms with Crippen LogP contribution in [0.1, 0.15) is 41.7 Å². The number of aromatic nitrogens is 2. The normalized spacial score (nSPS) is 18.0. The zero-order valence-corrected chi connectivity index (χ0v) is 15.8. The minimum absolute atomic E-state index is 0.000518. The van der Waals surface area contributed by atoms with Gasteiger partial charge in [-0.1, -0.05) is 17.7 Å². The molecule has 27 heavy (non-hydrogen) atoms. The van der Waals surface area contributed by atoms with E-state index >= 15 is 0 Å². The summed E-state index contributed by atoms with van der Waals surface area (Å²) in [7, 11) is 0. The molecule has 2 saturated heterocycles. The van der Waals surface area contributed by atoms with Crippen molar-refractivity contribution in [3.8, 4) is 5.75 Å². The molecule has 6 nitrogen and oxygen atoms in total. The van der Waals surface area contributed by atoms with Crippen molar-refractivity contribution >= 4 is 11.7 Å². The van der Waals surface area contributed by atoms with E-state index in [1.165, 1.54) is 5.56 Å². The van der Waals surface area contributed by atoms with E-state index in [4.69, 9.17) is 4.74 Å². The van der Waals surface area contributed by atoms with Gasteiger partial charge in [-0.25, -0.2) is 4.98 Å². The standard InChI is InChI=1S/C21H26N4O2/c1-16-4-6-17(7-5-16)27-18-8-12-24(13-9-18)20-15-22-14-19(23-20)21(26)25-10-2-3-11-25/h4-7,14-15,18H,2-3,8-13H2,1H3. The maximum absolute atomic E-state index is 12.5. The highest BCUT2D eigenvalue weighted by Gasteiger charge is 2.24. The topological polar surface area (TPSA) is 58.6 Å². The molecular formula is C21H26N4O2. The molecule has 4 rings (SSSR count). The predicted molar refractivity (Wildman–Crippen MR) is 104 cm³/mol. The Morgan fingerprint density at radius 2 is 1.74 bits per heavy atom. The molecule has 0 saturated carbocycles. The van der Waals surface area contributed by atoms with Gasteiger partial charge in [-0.05, 0) is 31.9 Å². The highest BCUT2D eigenvalue weighted by Crippen LogP contribution is 2.22. The largest absolute Gasteiger partial charge is 0.490 e. The molecule has 2 aliphatic heterocycles. The zero-order chi connectivity index (χ0) is 18.6. The summed E-state index contributed by atoms with van der Waals surface area (Å²) < 4.78 is 6.10. The highest BCUT2D eigenvalue weighted by atomic mass is 16.5. The van der Waals surface area contributed by atoms with Crippen molar-refractivity contribution in [3.63, 3.8) is 0 Å². The Labute approximate surface area is 160 Å². The molecule has 0 bridgehead atoms. The van der Waals surface area contributed by atoms with Gasteiger partial charge < -0.3 is 14.5 Å². The van der Waals surface area contributed by atoms with Crippen LogP contribution in [-0.4, -0.2) is 53.1 Å². The molecule has 142 valence electrons. The third-order valence-electron chi connectivity index (χ3n) is 5.32. The minimum atomic E-state index is -0.000518. The van der Waals surface area contributed by atoms with Crippen LogP contribution in [0.2, 0.25) is 0 Å². The fourth-order valence-electron chi connectivity index (χ4n) is 3.71. The van der Waals surface area contributed by atoms with Crippen molar-refractivity contribution in [1.29, 1.82) is 0 Å². The summed E-state index contributed by atoms with van der Waals surface area (Å²) in [5, 5.41) is 0. The lowest BCUT2D eigenvalue weighted by Crippen LogP contribution is -2.39. The van der Waals surface area contributed by atoms with Crippen LogP contribution in [0.25, 0.3) is 0 Å². The molecule has 0 N–H and O–H groups in total. The molecule has 2 aliphatic rings. The van der Waals surface area contributed by atoms with Crippen LogP contribution in [0.4, 0.5) is 5.82 Å². The second kappa shape index (κ2) is 7.94. The van der Waals surface area contributed by atoms with Crippen LogP contribution in [0.3, 0.4) is 0 Å². The first-order chi connectivity index (χ1) is 13.2. The van der Waals surface area contributed by atoms with Gasteiger partial charge in [0.25, 0.3) is 5.91 Å². The maximum atomic E-state index is 12.5. The average molecular weight is 366 g/mol. The number of piperidine rings is 1. The van der Waals surface area contributed by atoms with Gasteiger partial charge in [-0.15, -0.1) is 0 Å². The zero-order valence-electron chi connectivity index (χ0n) is 15.8. The van der Waals surface area contributed by atoms with Crippen molar-refractivity contribution in [2.45, 2.75) is 38.7 Å². The SMILES string of the molecule is Cc1ccc(OC2CCN(c3cncc(C(=O)N4CCCC4)n3)CC2)cc1. The number of benzene rings is 1. The summed E-state index contributed by atoms with van der Waals surface area (Å²) in [6.07, 6.45) is 7.56. The summed E-state index contributed by atoms with van der Waals surface area (Å²) in [6, 6.07) is 8.20. The van der Waals surface area contributed by atoms with Gasteiger partial charge in [-0.2, -0.15) is 0 Å². The second-order valence-corrected chi connectivity index (χ2v) is 7.38. The van der Waals surface area contributed by atoms with Crippen LogP contribution < -0.4 is 9.64 Å². The van der Waals surface area contributed by atoms with Crippen LogP contribution in [-0.2, 0) is 0 Å². The number of carbonyl (C=O) groups is 1. The van der Waals surface area contributed by atoms with Crippen molar-refractivity contribution in [2.75, 3.05) is 31.1 Å². The summed E-state index contributed by atoms with van der Waals surface area (Å²) in [4.78, 5) is 25.5. The fourth-order valence-corrected chi connectivity index (χ4v) is 3.71. The molecule has 0 unspecified atom stereocenters. The van der Waals surface area contributed by atoms with E-state index in [0.29, 0.717) is 5.69 Å². The molecule has 6 heteroatoms. The van der Waals surface area contributed by atoms with Crippen molar-refractivity contribution in [3.05, 3.63) is 47.9 Å². The Balaban J connectivity index is 1.36. The van der Waals surface area contributed by atoms with Crippen molar-refractivity contribution in [1.82, 2.24) is 14.9 Å². The van der Waals surface area contributed by atoms with Gasteiger partial charge in [0.1, 0.15) is 23.4 Å². The molecule has 1 aromatic heterocycles. The summed E-state index contributed by atoms with van der Waals surface area (Å²) in [5.41, 5.74) is 1.69. The number of anilines is 1. The quantitative estimate of drug-likeness (QED) is 0.832. The molecule has 2 fully saturated rings. The van der Waals surface area contributed by atoms with Gasteiger partial charge in [-0.3, -0.25) is 9.78 Å². The Hall–Kier alpha value is -2.63. The molecule has 3 heterocycles.